The number of nitrogens with one attached hydrogen (secondary N) is 4. The van der Waals surface area contributed by atoms with Gasteiger partial charge in [-0.3, -0.25) is 14.4 Å². The number of rotatable bonds is 6. The molecule has 4 atom stereocenters. The molecule has 2 saturated carbocycles. The summed E-state index contributed by atoms with van der Waals surface area (Å²) in [7, 11) is -4.05. The van der Waals surface area contributed by atoms with Gasteiger partial charge in [-0.25, -0.2) is 9.52 Å². The molecule has 4 N–H and O–H groups in total. The number of hydrogen-bond acceptors (Lipinski definition) is 7. The van der Waals surface area contributed by atoms with Crippen molar-refractivity contribution in [3.8, 4) is 0 Å². The zero-order valence-corrected chi connectivity index (χ0v) is 24.0. The Morgan fingerprint density at radius 3 is 2.38 bits per heavy atom. The number of nitrogens with zero attached hydrogens (tertiary/aromatic N) is 1. The van der Waals surface area contributed by atoms with E-state index in [0.717, 1.165) is 32.1 Å². The zero-order valence-electron chi connectivity index (χ0n) is 23.2. The highest BCUT2D eigenvalue weighted by Crippen LogP contribution is 2.47. The van der Waals surface area contributed by atoms with Crippen LogP contribution in [0.15, 0.2) is 0 Å². The van der Waals surface area contributed by atoms with Gasteiger partial charge in [0.1, 0.15) is 23.2 Å². The molecule has 13 heteroatoms. The molecule has 220 valence electrons. The fraction of sp³-hybridized carbons (Fsp3) is 0.846. The summed E-state index contributed by atoms with van der Waals surface area (Å²) < 4.78 is 34.9. The molecule has 39 heavy (non-hydrogen) atoms. The average Bonchev–Trinajstić information content (AvgIpc) is 3.73. The van der Waals surface area contributed by atoms with Gasteiger partial charge in [0.05, 0.1) is 0 Å². The lowest BCUT2D eigenvalue weighted by Gasteiger charge is -2.31. The molecule has 4 rings (SSSR count). The Bertz CT molecular complexity index is 1070. The van der Waals surface area contributed by atoms with Gasteiger partial charge in [-0.05, 0) is 77.6 Å². The Balaban J connectivity index is 1.48. The molecule has 2 aliphatic heterocycles. The van der Waals surface area contributed by atoms with Crippen LogP contribution in [0.4, 0.5) is 4.79 Å². The van der Waals surface area contributed by atoms with Crippen LogP contribution < -0.4 is 20.1 Å². The van der Waals surface area contributed by atoms with Crippen molar-refractivity contribution < 1.29 is 32.3 Å². The minimum Gasteiger partial charge on any atom is -0.444 e. The first-order chi connectivity index (χ1) is 18.3. The molecule has 4 fully saturated rings. The molecule has 0 spiro atoms. The highest BCUT2D eigenvalue weighted by atomic mass is 32.2. The topological polar surface area (TPSA) is 163 Å². The summed E-state index contributed by atoms with van der Waals surface area (Å²) in [6, 6.07) is -1.64. The van der Waals surface area contributed by atoms with Crippen LogP contribution in [0.1, 0.15) is 91.4 Å². The van der Waals surface area contributed by atoms with Crippen molar-refractivity contribution in [3.05, 3.63) is 0 Å². The van der Waals surface area contributed by atoms with Crippen molar-refractivity contribution in [1.29, 1.82) is 0 Å². The molecular formula is C26H43N5O7S. The summed E-state index contributed by atoms with van der Waals surface area (Å²) in [6.45, 7) is 5.87. The number of amides is 4. The number of carbonyl (C=O) groups is 4. The van der Waals surface area contributed by atoms with Crippen molar-refractivity contribution >= 4 is 34.0 Å². The predicted molar refractivity (Wildman–Crippen MR) is 142 cm³/mol. The van der Waals surface area contributed by atoms with Gasteiger partial charge in [0.15, 0.2) is 0 Å². The summed E-state index contributed by atoms with van der Waals surface area (Å²) >= 11 is 0. The van der Waals surface area contributed by atoms with E-state index < -0.39 is 51.3 Å². The SMILES string of the molecule is CC(C)(C)OC(=O)N[C@H]1CCCCCCC2C[C@@]2(C(=O)NS(=O)(=O)NCC2CC2)NC(=O)[C@@H]2CCCN2C1=O. The third-order valence-electron chi connectivity index (χ3n) is 7.97. The van der Waals surface area contributed by atoms with Crippen LogP contribution in [-0.2, 0) is 29.3 Å². The summed E-state index contributed by atoms with van der Waals surface area (Å²) in [6.07, 6.45) is 6.91. The predicted octanol–water partition coefficient (Wildman–Crippen LogP) is 1.46. The van der Waals surface area contributed by atoms with E-state index in [-0.39, 0.29) is 18.4 Å². The molecule has 0 aromatic carbocycles. The molecule has 2 heterocycles. The number of alkyl carbamates (subject to hydrolysis) is 1. The van der Waals surface area contributed by atoms with Crippen LogP contribution >= 0.6 is 0 Å². The second-order valence-corrected chi connectivity index (χ2v) is 14.0. The van der Waals surface area contributed by atoms with E-state index in [1.54, 1.807) is 20.8 Å². The summed E-state index contributed by atoms with van der Waals surface area (Å²) in [5, 5.41) is 5.55. The smallest absolute Gasteiger partial charge is 0.408 e. The fourth-order valence-electron chi connectivity index (χ4n) is 5.57. The lowest BCUT2D eigenvalue weighted by molar-refractivity contribution is -0.141. The monoisotopic (exact) mass is 569 g/mol. The van der Waals surface area contributed by atoms with Crippen molar-refractivity contribution in [3.63, 3.8) is 0 Å². The van der Waals surface area contributed by atoms with Crippen LogP contribution in [0.3, 0.4) is 0 Å². The molecular weight excluding hydrogens is 526 g/mol. The van der Waals surface area contributed by atoms with Crippen LogP contribution in [0.2, 0.25) is 0 Å². The van der Waals surface area contributed by atoms with E-state index in [1.807, 2.05) is 0 Å². The maximum atomic E-state index is 13.6. The van der Waals surface area contributed by atoms with Gasteiger partial charge in [0.25, 0.3) is 5.91 Å². The Morgan fingerprint density at radius 1 is 1.03 bits per heavy atom. The van der Waals surface area contributed by atoms with Crippen LogP contribution in [0, 0.1) is 11.8 Å². The van der Waals surface area contributed by atoms with Crippen LogP contribution in [-0.4, -0.2) is 73.4 Å². The zero-order chi connectivity index (χ0) is 28.4. The number of carbonyl (C=O) groups excluding carboxylic acids is 4. The normalized spacial score (nSPS) is 30.3. The Hall–Kier alpha value is -2.41. The molecule has 12 nitrogen and oxygen atoms in total. The maximum Gasteiger partial charge on any atom is 0.408 e. The molecule has 2 saturated heterocycles. The van der Waals surface area contributed by atoms with E-state index in [1.165, 1.54) is 4.90 Å². The summed E-state index contributed by atoms with van der Waals surface area (Å²) in [5.74, 6) is -1.44. The van der Waals surface area contributed by atoms with Gasteiger partial charge in [-0.2, -0.15) is 13.1 Å². The maximum absolute atomic E-state index is 13.6. The van der Waals surface area contributed by atoms with Gasteiger partial charge in [0, 0.05) is 13.1 Å². The average molecular weight is 570 g/mol. The van der Waals surface area contributed by atoms with E-state index >= 15 is 0 Å². The van der Waals surface area contributed by atoms with E-state index in [4.69, 9.17) is 4.74 Å². The quantitative estimate of drug-likeness (QED) is 0.376. The lowest BCUT2D eigenvalue weighted by Crippen LogP contribution is -2.59. The van der Waals surface area contributed by atoms with Gasteiger partial charge in [-0.15, -0.1) is 0 Å². The highest BCUT2D eigenvalue weighted by molar-refractivity contribution is 7.88. The van der Waals surface area contributed by atoms with E-state index in [0.29, 0.717) is 51.0 Å². The Morgan fingerprint density at radius 2 is 1.72 bits per heavy atom. The first-order valence-corrected chi connectivity index (χ1v) is 15.7. The van der Waals surface area contributed by atoms with Crippen LogP contribution in [0.5, 0.6) is 0 Å². The number of ether oxygens (including phenoxy) is 1. The molecule has 4 aliphatic rings. The minimum atomic E-state index is -4.05. The van der Waals surface area contributed by atoms with E-state index in [2.05, 4.69) is 20.1 Å². The van der Waals surface area contributed by atoms with Crippen molar-refractivity contribution in [1.82, 2.24) is 25.0 Å². The minimum absolute atomic E-state index is 0.171. The third kappa shape index (κ3) is 7.84. The van der Waals surface area contributed by atoms with Gasteiger partial charge >= 0.3 is 16.3 Å². The third-order valence-corrected chi connectivity index (χ3v) is 8.97. The first-order valence-electron chi connectivity index (χ1n) is 14.2. The lowest BCUT2D eigenvalue weighted by atomic mass is 10.0. The standard InChI is InChI=1S/C26H43N5O7S/c1-25(2,3)38-24(35)28-19-10-7-5-4-6-9-18-15-26(18,23(34)30-39(36,37)27-16-17-12-13-17)29-21(32)20-11-8-14-31(20)22(19)33/h17-20,27H,4-16H2,1-3H3,(H,28,35)(H,29,32)(H,30,34)/t18?,19-,20-,26+/m0/s1. The van der Waals surface area contributed by atoms with Crippen molar-refractivity contribution in [2.75, 3.05) is 13.1 Å². The molecule has 0 aromatic heterocycles. The molecule has 2 aliphatic carbocycles. The van der Waals surface area contributed by atoms with Gasteiger partial charge < -0.3 is 20.3 Å². The molecule has 0 radical (unpaired) electrons. The van der Waals surface area contributed by atoms with Gasteiger partial charge in [0.2, 0.25) is 11.8 Å². The molecule has 0 aromatic rings. The van der Waals surface area contributed by atoms with Crippen molar-refractivity contribution in [2.24, 2.45) is 11.8 Å². The largest absolute Gasteiger partial charge is 0.444 e. The van der Waals surface area contributed by atoms with Crippen molar-refractivity contribution in [2.45, 2.75) is 115 Å². The Labute approximate surface area is 230 Å². The van der Waals surface area contributed by atoms with Crippen LogP contribution in [0.25, 0.3) is 0 Å². The highest BCUT2D eigenvalue weighted by Gasteiger charge is 2.62. The summed E-state index contributed by atoms with van der Waals surface area (Å²) in [5.41, 5.74) is -2.04. The Kier molecular flexibility index (Phi) is 8.79. The molecule has 0 bridgehead atoms. The second kappa shape index (κ2) is 11.6. The molecule has 1 unspecified atom stereocenters. The molecule has 4 amide bonds. The number of fused-ring (bicyclic) bond motifs is 2. The summed E-state index contributed by atoms with van der Waals surface area (Å²) in [4.78, 5) is 54.3. The first kappa shape index (κ1) is 29.6. The number of hydrogen-bond donors (Lipinski definition) is 4. The fourth-order valence-corrected chi connectivity index (χ4v) is 6.52. The van der Waals surface area contributed by atoms with Gasteiger partial charge in [-0.1, -0.05) is 25.7 Å². The second-order valence-electron chi connectivity index (χ2n) is 12.5. The van der Waals surface area contributed by atoms with E-state index in [9.17, 15) is 27.6 Å².